The van der Waals surface area contributed by atoms with E-state index in [1.54, 1.807) is 6.07 Å². The highest BCUT2D eigenvalue weighted by Gasteiger charge is 2.17. The largest absolute Gasteiger partial charge is 0.366 e. The molecule has 34 heavy (non-hydrogen) atoms. The van der Waals surface area contributed by atoms with Crippen LogP contribution in [0.15, 0.2) is 78.0 Å². The molecule has 0 fully saturated rings. The van der Waals surface area contributed by atoms with Gasteiger partial charge in [-0.05, 0) is 66.6 Å². The Morgan fingerprint density at radius 3 is 2.26 bits per heavy atom. The Bertz CT molecular complexity index is 1390. The summed E-state index contributed by atoms with van der Waals surface area (Å²) in [6, 6.07) is 23.7. The molecule has 0 radical (unpaired) electrons. The lowest BCUT2D eigenvalue weighted by Gasteiger charge is -2.19. The van der Waals surface area contributed by atoms with Crippen LogP contribution in [-0.2, 0) is 10.3 Å². The first-order chi connectivity index (χ1) is 16.1. The van der Waals surface area contributed by atoms with Crippen molar-refractivity contribution in [3.63, 3.8) is 0 Å². The fourth-order valence-electron chi connectivity index (χ4n) is 3.82. The molecule has 0 aliphatic heterocycles. The number of hydrogen-bond donors (Lipinski definition) is 0. The number of para-hydroxylation sites is 1. The first-order valence-corrected chi connectivity index (χ1v) is 11.5. The third-order valence-corrected chi connectivity index (χ3v) is 6.17. The zero-order valence-electron chi connectivity index (χ0n) is 20.6. The SMILES string of the molecule is C/C(=N/OC(=O)c1cc(-c2ccc(C)c(C)c2)nc2ccccc12)c1ccc(C(C)(C)C)cc1. The van der Waals surface area contributed by atoms with Crippen molar-refractivity contribution in [2.75, 3.05) is 0 Å². The average molecular weight is 451 g/mol. The highest BCUT2D eigenvalue weighted by molar-refractivity contribution is 6.05. The Morgan fingerprint density at radius 1 is 0.882 bits per heavy atom. The molecule has 0 aliphatic rings. The molecule has 0 saturated heterocycles. The Labute approximate surface area is 201 Å². The number of fused-ring (bicyclic) bond motifs is 1. The van der Waals surface area contributed by atoms with Gasteiger partial charge in [0.2, 0.25) is 0 Å². The van der Waals surface area contributed by atoms with Crippen molar-refractivity contribution in [2.24, 2.45) is 5.16 Å². The summed E-state index contributed by atoms with van der Waals surface area (Å²) in [5.41, 5.74) is 8.13. The molecule has 0 amide bonds. The lowest BCUT2D eigenvalue weighted by Crippen LogP contribution is -2.11. The summed E-state index contributed by atoms with van der Waals surface area (Å²) in [6.45, 7) is 12.5. The standard InChI is InChI=1S/C30H30N2O2/c1-19-11-12-23(17-20(19)2)28-18-26(25-9-7-8-10-27(25)31-28)29(33)34-32-21(3)22-13-15-24(16-14-22)30(4,5)6/h7-18H,1-6H3/b32-21-. The third kappa shape index (κ3) is 4.91. The fraction of sp³-hybridized carbons (Fsp3) is 0.233. The third-order valence-electron chi connectivity index (χ3n) is 6.17. The number of aromatic nitrogens is 1. The topological polar surface area (TPSA) is 51.5 Å². The second kappa shape index (κ2) is 9.22. The highest BCUT2D eigenvalue weighted by atomic mass is 16.7. The predicted molar refractivity (Wildman–Crippen MR) is 139 cm³/mol. The molecule has 4 rings (SSSR count). The van der Waals surface area contributed by atoms with E-state index in [2.05, 4.69) is 64.0 Å². The van der Waals surface area contributed by atoms with Gasteiger partial charge in [0.15, 0.2) is 0 Å². The number of benzene rings is 3. The Balaban J connectivity index is 1.66. The van der Waals surface area contributed by atoms with Gasteiger partial charge in [0, 0.05) is 10.9 Å². The van der Waals surface area contributed by atoms with Gasteiger partial charge in [-0.15, -0.1) is 0 Å². The minimum Gasteiger partial charge on any atom is -0.313 e. The first kappa shape index (κ1) is 23.4. The second-order valence-corrected chi connectivity index (χ2v) is 9.75. The van der Waals surface area contributed by atoms with Crippen molar-refractivity contribution in [1.82, 2.24) is 4.98 Å². The number of oxime groups is 1. The summed E-state index contributed by atoms with van der Waals surface area (Å²) in [6.07, 6.45) is 0. The molecule has 3 aromatic carbocycles. The minimum absolute atomic E-state index is 0.0755. The molecular weight excluding hydrogens is 420 g/mol. The zero-order valence-corrected chi connectivity index (χ0v) is 20.6. The number of pyridine rings is 1. The lowest BCUT2D eigenvalue weighted by atomic mass is 9.86. The Kier molecular flexibility index (Phi) is 6.34. The maximum absolute atomic E-state index is 13.1. The maximum atomic E-state index is 13.1. The minimum atomic E-state index is -0.505. The molecule has 4 nitrogen and oxygen atoms in total. The number of rotatable bonds is 4. The van der Waals surface area contributed by atoms with E-state index in [1.807, 2.05) is 49.4 Å². The van der Waals surface area contributed by atoms with E-state index >= 15 is 0 Å². The van der Waals surface area contributed by atoms with Gasteiger partial charge in [0.05, 0.1) is 22.5 Å². The van der Waals surface area contributed by atoms with Gasteiger partial charge in [-0.2, -0.15) is 0 Å². The van der Waals surface area contributed by atoms with Crippen molar-refractivity contribution in [3.8, 4) is 11.3 Å². The van der Waals surface area contributed by atoms with Gasteiger partial charge in [0.1, 0.15) is 0 Å². The van der Waals surface area contributed by atoms with Crippen molar-refractivity contribution in [2.45, 2.75) is 47.0 Å². The van der Waals surface area contributed by atoms with Crippen molar-refractivity contribution >= 4 is 22.6 Å². The van der Waals surface area contributed by atoms with E-state index in [-0.39, 0.29) is 5.41 Å². The maximum Gasteiger partial charge on any atom is 0.366 e. The monoisotopic (exact) mass is 450 g/mol. The second-order valence-electron chi connectivity index (χ2n) is 9.75. The van der Waals surface area contributed by atoms with Crippen LogP contribution >= 0.6 is 0 Å². The fourth-order valence-corrected chi connectivity index (χ4v) is 3.82. The summed E-state index contributed by atoms with van der Waals surface area (Å²) < 4.78 is 0. The predicted octanol–water partition coefficient (Wildman–Crippen LogP) is 7.40. The van der Waals surface area contributed by atoms with E-state index < -0.39 is 5.97 Å². The molecule has 0 atom stereocenters. The molecule has 172 valence electrons. The summed E-state index contributed by atoms with van der Waals surface area (Å²) in [7, 11) is 0. The van der Waals surface area contributed by atoms with Gasteiger partial charge in [-0.3, -0.25) is 0 Å². The van der Waals surface area contributed by atoms with E-state index in [4.69, 9.17) is 9.82 Å². The van der Waals surface area contributed by atoms with E-state index in [1.165, 1.54) is 16.7 Å². The summed E-state index contributed by atoms with van der Waals surface area (Å²) in [4.78, 5) is 23.3. The molecule has 1 heterocycles. The molecule has 0 aliphatic carbocycles. The van der Waals surface area contributed by atoms with Gasteiger partial charge >= 0.3 is 5.97 Å². The number of carbonyl (C=O) groups excluding carboxylic acids is 1. The van der Waals surface area contributed by atoms with Crippen LogP contribution in [0.5, 0.6) is 0 Å². The van der Waals surface area contributed by atoms with Crippen LogP contribution in [0.2, 0.25) is 0 Å². The quantitative estimate of drug-likeness (QED) is 0.185. The number of aryl methyl sites for hydroxylation is 2. The number of nitrogens with zero attached hydrogens (tertiary/aromatic N) is 2. The molecule has 0 saturated carbocycles. The average Bonchev–Trinajstić information content (AvgIpc) is 2.82. The van der Waals surface area contributed by atoms with Gasteiger partial charge in [0.25, 0.3) is 0 Å². The van der Waals surface area contributed by atoms with Crippen LogP contribution in [0.1, 0.15) is 60.3 Å². The van der Waals surface area contributed by atoms with Crippen molar-refractivity contribution < 1.29 is 9.63 Å². The molecule has 1 aromatic heterocycles. The molecule has 0 N–H and O–H groups in total. The van der Waals surface area contributed by atoms with Crippen molar-refractivity contribution in [3.05, 3.63) is 101 Å². The van der Waals surface area contributed by atoms with Crippen LogP contribution in [0, 0.1) is 13.8 Å². The van der Waals surface area contributed by atoms with Crippen LogP contribution in [0.3, 0.4) is 0 Å². The molecule has 4 heteroatoms. The van der Waals surface area contributed by atoms with Gasteiger partial charge in [-0.1, -0.05) is 80.5 Å². The van der Waals surface area contributed by atoms with Crippen LogP contribution < -0.4 is 0 Å². The number of carbonyl (C=O) groups is 1. The summed E-state index contributed by atoms with van der Waals surface area (Å²) in [5.74, 6) is -0.505. The lowest BCUT2D eigenvalue weighted by molar-refractivity contribution is 0.0518. The smallest absolute Gasteiger partial charge is 0.313 e. The molecule has 0 unspecified atom stereocenters. The number of hydrogen-bond acceptors (Lipinski definition) is 4. The normalized spacial score (nSPS) is 12.1. The Hall–Kier alpha value is -3.79. The van der Waals surface area contributed by atoms with E-state index in [0.717, 1.165) is 27.7 Å². The van der Waals surface area contributed by atoms with Gasteiger partial charge in [-0.25, -0.2) is 9.78 Å². The van der Waals surface area contributed by atoms with Crippen LogP contribution in [0.25, 0.3) is 22.2 Å². The van der Waals surface area contributed by atoms with Crippen LogP contribution in [0.4, 0.5) is 0 Å². The summed E-state index contributed by atoms with van der Waals surface area (Å²) in [5, 5.41) is 4.88. The molecular formula is C30H30N2O2. The van der Waals surface area contributed by atoms with E-state index in [9.17, 15) is 4.79 Å². The van der Waals surface area contributed by atoms with Crippen molar-refractivity contribution in [1.29, 1.82) is 0 Å². The first-order valence-electron chi connectivity index (χ1n) is 11.5. The Morgan fingerprint density at radius 2 is 1.59 bits per heavy atom. The molecule has 4 aromatic rings. The summed E-state index contributed by atoms with van der Waals surface area (Å²) >= 11 is 0. The van der Waals surface area contributed by atoms with Gasteiger partial charge < -0.3 is 4.84 Å². The highest BCUT2D eigenvalue weighted by Crippen LogP contribution is 2.27. The molecule has 0 bridgehead atoms. The zero-order chi connectivity index (χ0) is 24.5. The van der Waals surface area contributed by atoms with Crippen LogP contribution in [-0.4, -0.2) is 16.7 Å². The molecule has 0 spiro atoms. The van der Waals surface area contributed by atoms with E-state index in [0.29, 0.717) is 11.3 Å².